The summed E-state index contributed by atoms with van der Waals surface area (Å²) in [4.78, 5) is 52.1. The summed E-state index contributed by atoms with van der Waals surface area (Å²) in [5.74, 6) is -3.42. The zero-order valence-electron chi connectivity index (χ0n) is 28.4. The zero-order valence-corrected chi connectivity index (χ0v) is 28.4. The molecular weight excluding hydrogens is 616 g/mol. The summed E-state index contributed by atoms with van der Waals surface area (Å²) >= 11 is 0. The first-order valence-electron chi connectivity index (χ1n) is 17.3. The van der Waals surface area contributed by atoms with Gasteiger partial charge in [-0.05, 0) is 71.2 Å². The molecule has 0 spiro atoms. The van der Waals surface area contributed by atoms with Crippen LogP contribution in [0, 0.1) is 0 Å². The van der Waals surface area contributed by atoms with Crippen molar-refractivity contribution in [2.75, 3.05) is 0 Å². The molecule has 0 aromatic heterocycles. The lowest BCUT2D eigenvalue weighted by molar-refractivity contribution is -0.155. The second kappa shape index (κ2) is 18.1. The molecule has 0 saturated heterocycles. The molecule has 0 fully saturated rings. The van der Waals surface area contributed by atoms with E-state index in [2.05, 4.69) is 6.92 Å². The number of carboxylic acids is 1. The number of carboxylic acid groups (broad SMARTS) is 1. The summed E-state index contributed by atoms with van der Waals surface area (Å²) in [6.45, 7) is 2.19. The fourth-order valence-corrected chi connectivity index (χ4v) is 6.20. The third-order valence-corrected chi connectivity index (χ3v) is 8.94. The number of Topliss-reactive ketones (excluding diaryl/α,β-unsaturated/α-hetero) is 1. The maximum Gasteiger partial charge on any atom is 0.334 e. The van der Waals surface area contributed by atoms with Crippen LogP contribution in [0.15, 0.2) is 91.0 Å². The average Bonchev–Trinajstić information content (AvgIpc) is 3.08. The van der Waals surface area contributed by atoms with E-state index < -0.39 is 35.3 Å². The van der Waals surface area contributed by atoms with Crippen LogP contribution >= 0.6 is 0 Å². The number of primary amides is 1. The van der Waals surface area contributed by atoms with Crippen molar-refractivity contribution in [3.63, 3.8) is 0 Å². The molecule has 8 nitrogen and oxygen atoms in total. The van der Waals surface area contributed by atoms with Crippen LogP contribution in [0.25, 0.3) is 10.8 Å². The Balaban J connectivity index is 1.61. The fourth-order valence-electron chi connectivity index (χ4n) is 6.20. The minimum Gasteiger partial charge on any atom is -0.481 e. The molecule has 258 valence electrons. The molecule has 5 N–H and O–H groups in total. The fraction of sp³-hybridized carbons (Fsp3) is 0.366. The second-order valence-corrected chi connectivity index (χ2v) is 12.9. The summed E-state index contributed by atoms with van der Waals surface area (Å²) < 4.78 is 5.88. The van der Waals surface area contributed by atoms with Crippen LogP contribution in [-0.4, -0.2) is 40.4 Å². The highest BCUT2D eigenvalue weighted by Crippen LogP contribution is 2.29. The molecule has 0 bridgehead atoms. The van der Waals surface area contributed by atoms with Gasteiger partial charge in [0.2, 0.25) is 5.91 Å². The first-order chi connectivity index (χ1) is 23.6. The number of rotatable bonds is 20. The molecule has 1 amide bonds. The number of carbonyl (C=O) groups is 4. The number of ketones is 1. The van der Waals surface area contributed by atoms with Crippen LogP contribution in [0.5, 0.6) is 0 Å². The minimum atomic E-state index is -2.21. The number of hydrogen-bond donors (Lipinski definition) is 3. The molecule has 0 unspecified atom stereocenters. The third kappa shape index (κ3) is 10.8. The topological polar surface area (TPSA) is 150 Å². The summed E-state index contributed by atoms with van der Waals surface area (Å²) in [6, 6.07) is 28.8. The number of benzene rings is 4. The first-order valence-corrected chi connectivity index (χ1v) is 17.3. The van der Waals surface area contributed by atoms with Crippen LogP contribution in [0.4, 0.5) is 0 Å². The van der Waals surface area contributed by atoms with Crippen molar-refractivity contribution < 1.29 is 29.0 Å². The Bertz CT molecular complexity index is 1720. The van der Waals surface area contributed by atoms with Gasteiger partial charge in [-0.15, -0.1) is 0 Å². The van der Waals surface area contributed by atoms with Crippen LogP contribution in [0.2, 0.25) is 0 Å². The Morgan fingerprint density at radius 1 is 0.776 bits per heavy atom. The van der Waals surface area contributed by atoms with Crippen molar-refractivity contribution in [3.05, 3.63) is 119 Å². The van der Waals surface area contributed by atoms with Gasteiger partial charge in [-0.3, -0.25) is 14.4 Å². The third-order valence-electron chi connectivity index (χ3n) is 8.94. The molecule has 0 aliphatic rings. The molecular formula is C41H48N2O6. The van der Waals surface area contributed by atoms with Gasteiger partial charge in [-0.1, -0.05) is 118 Å². The molecule has 0 aliphatic heterocycles. The van der Waals surface area contributed by atoms with Crippen molar-refractivity contribution >= 4 is 34.4 Å². The number of unbranched alkanes of at least 4 members (excludes halogenated alkanes) is 4. The largest absolute Gasteiger partial charge is 0.481 e. The molecule has 0 aliphatic carbocycles. The number of aryl methyl sites for hydroxylation is 1. The lowest BCUT2D eigenvalue weighted by Gasteiger charge is -2.29. The van der Waals surface area contributed by atoms with E-state index in [-0.39, 0.29) is 37.7 Å². The Labute approximate surface area is 288 Å². The van der Waals surface area contributed by atoms with Gasteiger partial charge in [0.15, 0.2) is 11.3 Å². The first kappa shape index (κ1) is 37.0. The van der Waals surface area contributed by atoms with Gasteiger partial charge in [0, 0.05) is 18.4 Å². The van der Waals surface area contributed by atoms with Gasteiger partial charge >= 0.3 is 11.9 Å². The molecule has 0 heterocycles. The standard InChI is InChI=1S/C41H48N2O6/c1-2-3-4-5-7-13-29-19-21-31(22-20-29)25-35(28-37(42)44)49-40(48)41(43,23-12-18-38(45)46)39(47)36-27-33-17-11-10-16-32(33)26-34(36)24-30-14-8-6-9-15-30/h6,8-11,14-17,19-22,26-27,35H,2-5,7,12-13,18,23-25,28,43H2,1H3,(H2,42,44)(H,45,46)/t35-,41-/m0/s1. The monoisotopic (exact) mass is 664 g/mol. The van der Waals surface area contributed by atoms with E-state index in [1.807, 2.05) is 84.9 Å². The van der Waals surface area contributed by atoms with E-state index in [0.717, 1.165) is 34.7 Å². The number of amides is 1. The van der Waals surface area contributed by atoms with E-state index in [1.165, 1.54) is 31.2 Å². The van der Waals surface area contributed by atoms with Gasteiger partial charge in [0.05, 0.1) is 6.42 Å². The Kier molecular flexibility index (Phi) is 13.7. The number of hydrogen-bond acceptors (Lipinski definition) is 6. The van der Waals surface area contributed by atoms with E-state index in [0.29, 0.717) is 12.0 Å². The van der Waals surface area contributed by atoms with Gasteiger partial charge in [-0.25, -0.2) is 4.79 Å². The zero-order chi connectivity index (χ0) is 35.2. The van der Waals surface area contributed by atoms with Gasteiger partial charge in [0.1, 0.15) is 6.10 Å². The minimum absolute atomic E-state index is 0.0331. The number of esters is 1. The van der Waals surface area contributed by atoms with Crippen LogP contribution in [0.1, 0.15) is 97.3 Å². The molecule has 2 atom stereocenters. The van der Waals surface area contributed by atoms with Crippen LogP contribution in [-0.2, 0) is 38.4 Å². The SMILES string of the molecule is CCCCCCCc1ccc(C[C@@H](CC(N)=O)OC(=O)[C@](N)(CCCC(=O)O)C(=O)c2cc3ccccc3cc2Cc2ccccc2)cc1. The van der Waals surface area contributed by atoms with E-state index in [9.17, 15) is 24.3 Å². The van der Waals surface area contributed by atoms with Gasteiger partial charge < -0.3 is 21.3 Å². The van der Waals surface area contributed by atoms with Crippen molar-refractivity contribution in [3.8, 4) is 0 Å². The van der Waals surface area contributed by atoms with Crippen molar-refractivity contribution in [2.24, 2.45) is 11.5 Å². The van der Waals surface area contributed by atoms with Crippen LogP contribution in [0.3, 0.4) is 0 Å². The highest BCUT2D eigenvalue weighted by molar-refractivity contribution is 6.18. The maximum absolute atomic E-state index is 14.5. The van der Waals surface area contributed by atoms with Gasteiger partial charge in [0.25, 0.3) is 0 Å². The highest BCUT2D eigenvalue weighted by Gasteiger charge is 2.45. The average molecular weight is 665 g/mol. The molecule has 49 heavy (non-hydrogen) atoms. The Morgan fingerprint density at radius 2 is 1.41 bits per heavy atom. The molecule has 0 saturated carbocycles. The van der Waals surface area contributed by atoms with E-state index in [1.54, 1.807) is 6.07 Å². The maximum atomic E-state index is 14.5. The smallest absolute Gasteiger partial charge is 0.334 e. The summed E-state index contributed by atoms with van der Waals surface area (Å²) in [5, 5.41) is 11.1. The molecule has 4 rings (SSSR count). The molecule has 8 heteroatoms. The summed E-state index contributed by atoms with van der Waals surface area (Å²) in [7, 11) is 0. The van der Waals surface area contributed by atoms with Crippen molar-refractivity contribution in [1.29, 1.82) is 0 Å². The lowest BCUT2D eigenvalue weighted by atomic mass is 9.82. The normalized spacial score (nSPS) is 13.0. The number of nitrogens with two attached hydrogens (primary N) is 2. The van der Waals surface area contributed by atoms with Crippen molar-refractivity contribution in [2.45, 2.75) is 95.6 Å². The van der Waals surface area contributed by atoms with Crippen LogP contribution < -0.4 is 11.5 Å². The quantitative estimate of drug-likeness (QED) is 0.0394. The van der Waals surface area contributed by atoms with Gasteiger partial charge in [-0.2, -0.15) is 0 Å². The lowest BCUT2D eigenvalue weighted by Crippen LogP contribution is -2.57. The van der Waals surface area contributed by atoms with Crippen molar-refractivity contribution in [1.82, 2.24) is 0 Å². The Hall–Kier alpha value is -4.82. The van der Waals surface area contributed by atoms with E-state index >= 15 is 0 Å². The predicted molar refractivity (Wildman–Crippen MR) is 192 cm³/mol. The predicted octanol–water partition coefficient (Wildman–Crippen LogP) is 7.11. The number of fused-ring (bicyclic) bond motifs is 1. The Morgan fingerprint density at radius 3 is 2.06 bits per heavy atom. The summed E-state index contributed by atoms with van der Waals surface area (Å²) in [5.41, 5.74) is 14.0. The van der Waals surface area contributed by atoms with E-state index in [4.69, 9.17) is 16.2 Å². The summed E-state index contributed by atoms with van der Waals surface area (Å²) in [6.07, 6.45) is 5.72. The molecule has 0 radical (unpaired) electrons. The number of carbonyl (C=O) groups excluding carboxylic acids is 3. The number of ether oxygens (including phenoxy) is 1. The number of aliphatic carboxylic acids is 1. The molecule has 4 aromatic carbocycles. The second-order valence-electron chi connectivity index (χ2n) is 12.9. The molecule has 4 aromatic rings. The highest BCUT2D eigenvalue weighted by atomic mass is 16.5.